The van der Waals surface area contributed by atoms with Gasteiger partial charge in [0.25, 0.3) is 11.8 Å². The molecule has 0 spiro atoms. The van der Waals surface area contributed by atoms with Crippen molar-refractivity contribution in [1.82, 2.24) is 24.3 Å². The van der Waals surface area contributed by atoms with Crippen molar-refractivity contribution < 1.29 is 9.59 Å². The van der Waals surface area contributed by atoms with Crippen LogP contribution in [0.5, 0.6) is 0 Å². The normalized spacial score (nSPS) is 11.4. The minimum atomic E-state index is -0.425. The molecule has 0 aliphatic carbocycles. The number of nitrogens with one attached hydrogen (secondary N) is 1. The fourth-order valence-corrected chi connectivity index (χ4v) is 3.62. The molecule has 4 aromatic rings. The topological polar surface area (TPSA) is 119 Å². The molecule has 1 aromatic carbocycles. The molecule has 9 nitrogen and oxygen atoms in total. The van der Waals surface area contributed by atoms with Crippen molar-refractivity contribution in [2.45, 2.75) is 19.9 Å². The summed E-state index contributed by atoms with van der Waals surface area (Å²) in [6, 6.07) is 11.9. The quantitative estimate of drug-likeness (QED) is 0.448. The number of carbonyl (C=O) groups excluding carboxylic acids is 2. The first-order valence-corrected chi connectivity index (χ1v) is 10.6. The molecule has 3 N–H and O–H groups in total. The van der Waals surface area contributed by atoms with Crippen molar-refractivity contribution in [3.63, 3.8) is 0 Å². The smallest absolute Gasteiger partial charge is 0.298 e. The van der Waals surface area contributed by atoms with Crippen LogP contribution in [0.25, 0.3) is 16.8 Å². The molecule has 0 saturated carbocycles. The van der Waals surface area contributed by atoms with E-state index in [0.29, 0.717) is 34.0 Å². The van der Waals surface area contributed by atoms with Crippen molar-refractivity contribution in [2.24, 2.45) is 0 Å². The van der Waals surface area contributed by atoms with E-state index >= 15 is 0 Å². The van der Waals surface area contributed by atoms with Crippen LogP contribution in [0, 0.1) is 11.8 Å². The maximum absolute atomic E-state index is 13.1. The van der Waals surface area contributed by atoms with Gasteiger partial charge in [0.1, 0.15) is 28.7 Å². The van der Waals surface area contributed by atoms with E-state index in [1.54, 1.807) is 73.4 Å². The number of carbonyl (C=O) groups is 2. The highest BCUT2D eigenvalue weighted by Crippen LogP contribution is 2.33. The van der Waals surface area contributed by atoms with Crippen LogP contribution in [0.2, 0.25) is 0 Å². The predicted octanol–water partition coefficient (Wildman–Crippen LogP) is 3.17. The Morgan fingerprint density at radius 2 is 1.88 bits per heavy atom. The van der Waals surface area contributed by atoms with E-state index in [4.69, 9.17) is 10.7 Å². The highest BCUT2D eigenvalue weighted by Gasteiger charge is 2.26. The number of imidazole rings is 1. The molecule has 3 heterocycles. The molecule has 2 amide bonds. The number of rotatable bonds is 5. The summed E-state index contributed by atoms with van der Waals surface area (Å²) < 4.78 is 1.79. The van der Waals surface area contributed by atoms with Crippen molar-refractivity contribution >= 4 is 29.0 Å². The second-order valence-corrected chi connectivity index (χ2v) is 7.53. The molecule has 0 aliphatic heterocycles. The van der Waals surface area contributed by atoms with E-state index in [-0.39, 0.29) is 17.6 Å². The molecule has 34 heavy (non-hydrogen) atoms. The zero-order valence-electron chi connectivity index (χ0n) is 19.0. The van der Waals surface area contributed by atoms with Crippen molar-refractivity contribution in [3.8, 4) is 23.1 Å². The Hall–Kier alpha value is -4.71. The fraction of sp³-hybridized carbons (Fsp3) is 0.160. The van der Waals surface area contributed by atoms with E-state index < -0.39 is 6.04 Å². The molecule has 4 rings (SSSR count). The third-order valence-corrected chi connectivity index (χ3v) is 5.45. The minimum absolute atomic E-state index is 0.255. The Labute approximate surface area is 196 Å². The Balaban J connectivity index is 1.84. The zero-order chi connectivity index (χ0) is 24.2. The lowest BCUT2D eigenvalue weighted by Gasteiger charge is -2.21. The lowest BCUT2D eigenvalue weighted by atomic mass is 10.0. The largest absolute Gasteiger partial charge is 0.382 e. The van der Waals surface area contributed by atoms with Crippen LogP contribution in [0.3, 0.4) is 0 Å². The fourth-order valence-electron chi connectivity index (χ4n) is 3.62. The Kier molecular flexibility index (Phi) is 6.23. The van der Waals surface area contributed by atoms with Crippen LogP contribution in [-0.4, -0.2) is 43.1 Å². The summed E-state index contributed by atoms with van der Waals surface area (Å²) in [5.41, 5.74) is 8.27. The number of benzene rings is 1. The van der Waals surface area contributed by atoms with Gasteiger partial charge < -0.3 is 16.0 Å². The number of nitrogens with two attached hydrogens (primary N) is 1. The van der Waals surface area contributed by atoms with Gasteiger partial charge in [0.2, 0.25) is 0 Å². The number of hydrogen-bond acceptors (Lipinski definition) is 6. The van der Waals surface area contributed by atoms with Crippen LogP contribution in [0.15, 0.2) is 61.1 Å². The number of nitrogen functional groups attached to an aromatic ring is 1. The Bertz CT molecular complexity index is 1430. The number of fused-ring (bicyclic) bond motifs is 1. The molecular weight excluding hydrogens is 430 g/mol. The summed E-state index contributed by atoms with van der Waals surface area (Å²) in [7, 11) is 1.66. The number of hydrogen-bond donors (Lipinski definition) is 2. The maximum Gasteiger partial charge on any atom is 0.298 e. The van der Waals surface area contributed by atoms with E-state index in [1.807, 2.05) is 13.0 Å². The molecule has 0 bridgehead atoms. The second-order valence-electron chi connectivity index (χ2n) is 7.53. The lowest BCUT2D eigenvalue weighted by Crippen LogP contribution is -2.29. The van der Waals surface area contributed by atoms with E-state index in [1.165, 1.54) is 4.90 Å². The summed E-state index contributed by atoms with van der Waals surface area (Å²) in [6.07, 6.45) is 4.90. The third-order valence-electron chi connectivity index (χ3n) is 5.45. The highest BCUT2D eigenvalue weighted by atomic mass is 16.2. The number of amides is 2. The Morgan fingerprint density at radius 3 is 2.62 bits per heavy atom. The SMILES string of the molecule is CC#CC(=O)N(C)[C@@H](C)c1nc(-c2ccccc2C(=O)Nc2ccccn2)c2c(N)nccn12. The van der Waals surface area contributed by atoms with Crippen LogP contribution in [0.1, 0.15) is 36.1 Å². The van der Waals surface area contributed by atoms with Gasteiger partial charge in [-0.3, -0.25) is 14.0 Å². The molecule has 3 aromatic heterocycles. The van der Waals surface area contributed by atoms with Gasteiger partial charge >= 0.3 is 0 Å². The first kappa shape index (κ1) is 22.5. The van der Waals surface area contributed by atoms with E-state index in [2.05, 4.69) is 27.1 Å². The van der Waals surface area contributed by atoms with Crippen molar-refractivity contribution in [3.05, 3.63) is 72.4 Å². The molecule has 1 atom stereocenters. The summed E-state index contributed by atoms with van der Waals surface area (Å²) in [5, 5.41) is 2.81. The molecule has 0 unspecified atom stereocenters. The zero-order valence-corrected chi connectivity index (χ0v) is 19.0. The van der Waals surface area contributed by atoms with Gasteiger partial charge in [0.15, 0.2) is 0 Å². The van der Waals surface area contributed by atoms with Crippen molar-refractivity contribution in [1.29, 1.82) is 0 Å². The van der Waals surface area contributed by atoms with Crippen LogP contribution >= 0.6 is 0 Å². The minimum Gasteiger partial charge on any atom is -0.382 e. The van der Waals surface area contributed by atoms with Gasteiger partial charge in [-0.25, -0.2) is 15.0 Å². The summed E-state index contributed by atoms with van der Waals surface area (Å²) in [6.45, 7) is 3.46. The number of aromatic nitrogens is 4. The van der Waals surface area contributed by atoms with Gasteiger partial charge in [-0.2, -0.15) is 0 Å². The maximum atomic E-state index is 13.1. The van der Waals surface area contributed by atoms with Crippen molar-refractivity contribution in [2.75, 3.05) is 18.1 Å². The van der Waals surface area contributed by atoms with Crippen LogP contribution in [0.4, 0.5) is 11.6 Å². The van der Waals surface area contributed by atoms with Crippen LogP contribution < -0.4 is 11.1 Å². The average Bonchev–Trinajstić information content (AvgIpc) is 3.24. The molecule has 0 fully saturated rings. The molecule has 0 saturated heterocycles. The average molecular weight is 454 g/mol. The highest BCUT2D eigenvalue weighted by molar-refractivity contribution is 6.09. The van der Waals surface area contributed by atoms with E-state index in [9.17, 15) is 9.59 Å². The number of pyridine rings is 1. The van der Waals surface area contributed by atoms with Gasteiger partial charge in [0, 0.05) is 36.8 Å². The second kappa shape index (κ2) is 9.42. The predicted molar refractivity (Wildman–Crippen MR) is 130 cm³/mol. The first-order valence-electron chi connectivity index (χ1n) is 10.6. The molecule has 0 aliphatic rings. The molecule has 0 radical (unpaired) electrons. The summed E-state index contributed by atoms with van der Waals surface area (Å²) in [4.78, 5) is 40.2. The monoisotopic (exact) mass is 453 g/mol. The number of nitrogens with zero attached hydrogens (tertiary/aromatic N) is 5. The third kappa shape index (κ3) is 4.17. The summed E-state index contributed by atoms with van der Waals surface area (Å²) >= 11 is 0. The standard InChI is InChI=1S/C25H23N7O2/c1-4-9-20(33)31(3)16(2)24-30-21(22-23(26)28-14-15-32(22)24)17-10-5-6-11-18(17)25(34)29-19-12-7-8-13-27-19/h5-8,10-16H,1-3H3,(H2,26,28)(H,27,29,34)/t16-/m0/s1. The van der Waals surface area contributed by atoms with Gasteiger partial charge in [-0.05, 0) is 38.0 Å². The van der Waals surface area contributed by atoms with Gasteiger partial charge in [-0.1, -0.05) is 30.2 Å². The molecule has 170 valence electrons. The van der Waals surface area contributed by atoms with Gasteiger partial charge in [0.05, 0.1) is 6.04 Å². The summed E-state index contributed by atoms with van der Waals surface area (Å²) in [5.74, 6) is 5.76. The molecular formula is C25H23N7O2. The van der Waals surface area contributed by atoms with Gasteiger partial charge in [-0.15, -0.1) is 0 Å². The molecule has 9 heteroatoms. The number of anilines is 2. The lowest BCUT2D eigenvalue weighted by molar-refractivity contribution is -0.125. The van der Waals surface area contributed by atoms with Crippen LogP contribution in [-0.2, 0) is 4.79 Å². The Morgan fingerprint density at radius 1 is 1.12 bits per heavy atom. The first-order chi connectivity index (χ1) is 16.4. The van der Waals surface area contributed by atoms with E-state index in [0.717, 1.165) is 0 Å².